The molecule has 20 heavy (non-hydrogen) atoms. The van der Waals surface area contributed by atoms with Crippen LogP contribution < -0.4 is 5.32 Å². The van der Waals surface area contributed by atoms with Crippen LogP contribution in [0.25, 0.3) is 0 Å². The lowest BCUT2D eigenvalue weighted by atomic mass is 10.0. The maximum absolute atomic E-state index is 13.0. The molecule has 0 saturated carbocycles. The van der Waals surface area contributed by atoms with Gasteiger partial charge in [-0.3, -0.25) is 0 Å². The quantitative estimate of drug-likeness (QED) is 0.872. The van der Waals surface area contributed by atoms with Gasteiger partial charge in [0.25, 0.3) is 0 Å². The Kier molecular flexibility index (Phi) is 4.40. The predicted octanol–water partition coefficient (Wildman–Crippen LogP) is 4.25. The van der Waals surface area contributed by atoms with Crippen LogP contribution in [0.15, 0.2) is 42.5 Å². The Labute approximate surface area is 119 Å². The fourth-order valence-electron chi connectivity index (χ4n) is 2.30. The second-order valence-electron chi connectivity index (χ2n) is 5.22. The van der Waals surface area contributed by atoms with Gasteiger partial charge in [0, 0.05) is 23.7 Å². The zero-order valence-electron chi connectivity index (χ0n) is 12.0. The summed E-state index contributed by atoms with van der Waals surface area (Å²) >= 11 is 0. The van der Waals surface area contributed by atoms with E-state index in [0.29, 0.717) is 5.56 Å². The molecule has 2 atom stereocenters. The topological polar surface area (TPSA) is 32.3 Å². The number of hydrogen-bond donors (Lipinski definition) is 2. The van der Waals surface area contributed by atoms with Gasteiger partial charge in [-0.2, -0.15) is 0 Å². The first-order valence-electron chi connectivity index (χ1n) is 6.78. The average molecular weight is 273 g/mol. The summed E-state index contributed by atoms with van der Waals surface area (Å²) in [4.78, 5) is 0. The van der Waals surface area contributed by atoms with Crippen molar-refractivity contribution in [3.05, 3.63) is 65.0 Å². The molecule has 0 aromatic heterocycles. The van der Waals surface area contributed by atoms with Crippen LogP contribution in [0, 0.1) is 12.7 Å². The SMILES string of the molecule is Cc1ccc(C(C)NC(C)c2ccc(F)cc2O)cc1. The molecule has 3 heteroatoms. The van der Waals surface area contributed by atoms with Crippen molar-refractivity contribution < 1.29 is 9.50 Å². The molecule has 2 aromatic carbocycles. The molecule has 0 spiro atoms. The Bertz CT molecular complexity index is 580. The van der Waals surface area contributed by atoms with Crippen LogP contribution >= 0.6 is 0 Å². The summed E-state index contributed by atoms with van der Waals surface area (Å²) in [6.45, 7) is 6.08. The second-order valence-corrected chi connectivity index (χ2v) is 5.22. The molecule has 0 bridgehead atoms. The van der Waals surface area contributed by atoms with Crippen molar-refractivity contribution in [3.63, 3.8) is 0 Å². The van der Waals surface area contributed by atoms with Crippen LogP contribution in [-0.4, -0.2) is 5.11 Å². The maximum atomic E-state index is 13.0. The Balaban J connectivity index is 2.10. The van der Waals surface area contributed by atoms with Crippen molar-refractivity contribution in [2.75, 3.05) is 0 Å². The summed E-state index contributed by atoms with van der Waals surface area (Å²) in [7, 11) is 0. The average Bonchev–Trinajstić information content (AvgIpc) is 2.39. The van der Waals surface area contributed by atoms with Crippen LogP contribution in [0.5, 0.6) is 5.75 Å². The van der Waals surface area contributed by atoms with E-state index in [9.17, 15) is 9.50 Å². The lowest BCUT2D eigenvalue weighted by Crippen LogP contribution is -2.22. The van der Waals surface area contributed by atoms with Crippen LogP contribution in [0.1, 0.15) is 42.6 Å². The third-order valence-electron chi connectivity index (χ3n) is 3.54. The van der Waals surface area contributed by atoms with E-state index in [2.05, 4.69) is 43.4 Å². The number of aryl methyl sites for hydroxylation is 1. The third kappa shape index (κ3) is 3.36. The van der Waals surface area contributed by atoms with Gasteiger partial charge in [0.1, 0.15) is 11.6 Å². The summed E-state index contributed by atoms with van der Waals surface area (Å²) in [5.41, 5.74) is 3.11. The van der Waals surface area contributed by atoms with Crippen molar-refractivity contribution in [1.29, 1.82) is 0 Å². The second kappa shape index (κ2) is 6.06. The molecule has 0 heterocycles. The van der Waals surface area contributed by atoms with Crippen molar-refractivity contribution in [2.24, 2.45) is 0 Å². The number of halogens is 1. The number of phenolic OH excluding ortho intramolecular Hbond substituents is 1. The molecule has 0 aliphatic rings. The standard InChI is InChI=1S/C17H20FNO/c1-11-4-6-14(7-5-11)12(2)19-13(3)16-9-8-15(18)10-17(16)20/h4-10,12-13,19-20H,1-3H3. The summed E-state index contributed by atoms with van der Waals surface area (Å²) in [6, 6.07) is 12.5. The Morgan fingerprint density at radius 1 is 1.00 bits per heavy atom. The zero-order valence-corrected chi connectivity index (χ0v) is 12.0. The van der Waals surface area contributed by atoms with Gasteiger partial charge < -0.3 is 10.4 Å². The van der Waals surface area contributed by atoms with Gasteiger partial charge in [0.05, 0.1) is 0 Å². The van der Waals surface area contributed by atoms with E-state index in [0.717, 1.165) is 6.07 Å². The number of hydrogen-bond acceptors (Lipinski definition) is 2. The van der Waals surface area contributed by atoms with E-state index < -0.39 is 5.82 Å². The van der Waals surface area contributed by atoms with Gasteiger partial charge in [-0.15, -0.1) is 0 Å². The summed E-state index contributed by atoms with van der Waals surface area (Å²) in [6.07, 6.45) is 0. The van der Waals surface area contributed by atoms with Crippen LogP contribution in [-0.2, 0) is 0 Å². The van der Waals surface area contributed by atoms with Gasteiger partial charge in [0.2, 0.25) is 0 Å². The van der Waals surface area contributed by atoms with Crippen molar-refractivity contribution in [3.8, 4) is 5.75 Å². The lowest BCUT2D eigenvalue weighted by Gasteiger charge is -2.21. The Hall–Kier alpha value is -1.87. The minimum absolute atomic E-state index is 0.0129. The van der Waals surface area contributed by atoms with E-state index in [4.69, 9.17) is 0 Å². The molecule has 2 unspecified atom stereocenters. The lowest BCUT2D eigenvalue weighted by molar-refractivity contribution is 0.434. The largest absolute Gasteiger partial charge is 0.508 e. The highest BCUT2D eigenvalue weighted by atomic mass is 19.1. The highest BCUT2D eigenvalue weighted by molar-refractivity contribution is 5.35. The van der Waals surface area contributed by atoms with Crippen molar-refractivity contribution >= 4 is 0 Å². The summed E-state index contributed by atoms with van der Waals surface area (Å²) < 4.78 is 13.0. The normalized spacial score (nSPS) is 14.0. The van der Waals surface area contributed by atoms with Gasteiger partial charge in [-0.25, -0.2) is 4.39 Å². The molecule has 2 N–H and O–H groups in total. The molecule has 2 nitrogen and oxygen atoms in total. The molecular formula is C17H20FNO. The van der Waals surface area contributed by atoms with E-state index >= 15 is 0 Å². The first-order valence-corrected chi connectivity index (χ1v) is 6.78. The number of aromatic hydroxyl groups is 1. The smallest absolute Gasteiger partial charge is 0.126 e. The Morgan fingerprint density at radius 2 is 1.65 bits per heavy atom. The Morgan fingerprint density at radius 3 is 2.25 bits per heavy atom. The molecule has 0 fully saturated rings. The van der Waals surface area contributed by atoms with Crippen LogP contribution in [0.2, 0.25) is 0 Å². The first-order chi connectivity index (χ1) is 9.47. The number of rotatable bonds is 4. The van der Waals surface area contributed by atoms with Crippen molar-refractivity contribution in [2.45, 2.75) is 32.9 Å². The molecule has 0 radical (unpaired) electrons. The maximum Gasteiger partial charge on any atom is 0.126 e. The highest BCUT2D eigenvalue weighted by Crippen LogP contribution is 2.27. The van der Waals surface area contributed by atoms with E-state index in [-0.39, 0.29) is 17.8 Å². The number of nitrogens with one attached hydrogen (secondary N) is 1. The van der Waals surface area contributed by atoms with Gasteiger partial charge in [-0.1, -0.05) is 35.9 Å². The first kappa shape index (κ1) is 14.5. The summed E-state index contributed by atoms with van der Waals surface area (Å²) in [5.74, 6) is -0.439. The molecule has 0 aliphatic carbocycles. The van der Waals surface area contributed by atoms with Crippen LogP contribution in [0.4, 0.5) is 4.39 Å². The molecule has 0 saturated heterocycles. The third-order valence-corrected chi connectivity index (χ3v) is 3.54. The van der Waals surface area contributed by atoms with Gasteiger partial charge in [0.15, 0.2) is 0 Å². The predicted molar refractivity (Wildman–Crippen MR) is 79.2 cm³/mol. The van der Waals surface area contributed by atoms with Crippen molar-refractivity contribution in [1.82, 2.24) is 5.32 Å². The van der Waals surface area contributed by atoms with E-state index in [1.807, 2.05) is 6.92 Å². The molecule has 0 amide bonds. The van der Waals surface area contributed by atoms with E-state index in [1.165, 1.54) is 17.2 Å². The molecule has 2 aromatic rings. The molecule has 2 rings (SSSR count). The highest BCUT2D eigenvalue weighted by Gasteiger charge is 2.14. The monoisotopic (exact) mass is 273 g/mol. The molecule has 106 valence electrons. The van der Waals surface area contributed by atoms with Gasteiger partial charge in [-0.05, 0) is 32.4 Å². The fraction of sp³-hybridized carbons (Fsp3) is 0.294. The molecular weight excluding hydrogens is 253 g/mol. The van der Waals surface area contributed by atoms with Crippen LogP contribution in [0.3, 0.4) is 0 Å². The summed E-state index contributed by atoms with van der Waals surface area (Å²) in [5, 5.41) is 13.2. The fourth-order valence-corrected chi connectivity index (χ4v) is 2.30. The van der Waals surface area contributed by atoms with Gasteiger partial charge >= 0.3 is 0 Å². The minimum Gasteiger partial charge on any atom is -0.508 e. The number of benzene rings is 2. The number of phenols is 1. The van der Waals surface area contributed by atoms with E-state index in [1.54, 1.807) is 6.07 Å². The molecule has 0 aliphatic heterocycles. The zero-order chi connectivity index (χ0) is 14.7. The minimum atomic E-state index is -0.426.